The van der Waals surface area contributed by atoms with Crippen molar-refractivity contribution in [3.05, 3.63) is 125 Å². The van der Waals surface area contributed by atoms with E-state index in [2.05, 4.69) is 63.6 Å². The zero-order valence-electron chi connectivity index (χ0n) is 25.3. The molecule has 4 aromatic carbocycles. The number of ether oxygens (including phenoxy) is 4. The Morgan fingerprint density at radius 3 is 1.06 bits per heavy atom. The van der Waals surface area contributed by atoms with E-state index >= 15 is 0 Å². The molecule has 0 heterocycles. The van der Waals surface area contributed by atoms with E-state index in [-0.39, 0.29) is 40.5 Å². The number of rotatable bonds is 9. The molecule has 4 rings (SSSR count). The number of carbonyl (C=O) groups excluding carboxylic acids is 3. The van der Waals surface area contributed by atoms with Gasteiger partial charge in [0.25, 0.3) is 0 Å². The number of carbonyl (C=O) groups is 3. The van der Waals surface area contributed by atoms with E-state index in [0.717, 1.165) is 16.7 Å². The third-order valence-electron chi connectivity index (χ3n) is 7.62. The summed E-state index contributed by atoms with van der Waals surface area (Å²) in [6.45, 7) is 10.4. The Hall–Kier alpha value is -4.91. The zero-order valence-corrected chi connectivity index (χ0v) is 25.3. The summed E-state index contributed by atoms with van der Waals surface area (Å²) >= 11 is 0. The highest BCUT2D eigenvalue weighted by molar-refractivity contribution is 5.93. The quantitative estimate of drug-likeness (QED) is 0.0775. The molecule has 0 radical (unpaired) electrons. The molecule has 0 aliphatic rings. The van der Waals surface area contributed by atoms with Gasteiger partial charge in [0, 0.05) is 10.8 Å². The van der Waals surface area contributed by atoms with Gasteiger partial charge in [-0.1, -0.05) is 124 Å². The van der Waals surface area contributed by atoms with Crippen LogP contribution >= 0.6 is 0 Å². The zero-order chi connectivity index (χ0) is 31.2. The van der Waals surface area contributed by atoms with Crippen molar-refractivity contribution in [2.45, 2.75) is 81.6 Å². The minimum Gasteiger partial charge on any atom is -0.437 e. The maximum Gasteiger partial charge on any atom is 0.513 e. The highest BCUT2D eigenvalue weighted by Crippen LogP contribution is 2.34. The van der Waals surface area contributed by atoms with E-state index in [1.807, 2.05) is 36.4 Å². The number of aryl methyl sites for hydroxylation is 1. The van der Waals surface area contributed by atoms with Crippen LogP contribution < -0.4 is 14.2 Å². The van der Waals surface area contributed by atoms with Gasteiger partial charge >= 0.3 is 18.1 Å². The predicted octanol–water partition coefficient (Wildman–Crippen LogP) is 10.2. The first-order valence-corrected chi connectivity index (χ1v) is 13.9. The van der Waals surface area contributed by atoms with Gasteiger partial charge in [0.05, 0.1) is 7.11 Å². The smallest absolute Gasteiger partial charge is 0.437 e. The number of hydrogen-bond acceptors (Lipinski definition) is 7. The van der Waals surface area contributed by atoms with Crippen LogP contribution in [0.25, 0.3) is 0 Å². The number of esters is 2. The predicted molar refractivity (Wildman–Crippen MR) is 191 cm³/mol. The van der Waals surface area contributed by atoms with E-state index in [4.69, 9.17) is 14.2 Å². The lowest BCUT2D eigenvalue weighted by molar-refractivity contribution is -0.144. The molecule has 0 spiro atoms. The number of benzene rings is 4. The minimum absolute atomic E-state index is 0. The third kappa shape index (κ3) is 10.6. The summed E-state index contributed by atoms with van der Waals surface area (Å²) in [5.74, 6) is -0.353. The van der Waals surface area contributed by atoms with Crippen LogP contribution in [-0.2, 0) is 25.2 Å². The van der Waals surface area contributed by atoms with Crippen LogP contribution in [-0.4, -0.2) is 25.2 Å². The summed E-state index contributed by atoms with van der Waals surface area (Å²) in [5.41, 5.74) is 4.81. The van der Waals surface area contributed by atoms with E-state index in [1.54, 1.807) is 36.4 Å². The maximum absolute atomic E-state index is 12.4. The van der Waals surface area contributed by atoms with Crippen LogP contribution in [0.15, 0.2) is 97.1 Å². The molecule has 0 amide bonds. The summed E-state index contributed by atoms with van der Waals surface area (Å²) in [6, 6.07) is 30.0. The summed E-state index contributed by atoms with van der Waals surface area (Å²) in [7, 11) is 1.25. The van der Waals surface area contributed by atoms with Gasteiger partial charge in [0.1, 0.15) is 23.7 Å². The Labute approximate surface area is 281 Å². The molecule has 7 heteroatoms. The topological polar surface area (TPSA) is 88.1 Å². The van der Waals surface area contributed by atoms with Crippen LogP contribution in [0, 0.1) is 6.92 Å². The van der Waals surface area contributed by atoms with E-state index in [0.29, 0.717) is 17.2 Å². The first-order valence-electron chi connectivity index (χ1n) is 13.9. The van der Waals surface area contributed by atoms with Crippen molar-refractivity contribution in [3.8, 4) is 17.2 Å². The van der Waals surface area contributed by atoms with Gasteiger partial charge in [-0.3, -0.25) is 9.59 Å². The van der Waals surface area contributed by atoms with Gasteiger partial charge in [0.2, 0.25) is 0 Å². The molecule has 0 atom stereocenters. The molecule has 0 N–H and O–H groups in total. The summed E-state index contributed by atoms with van der Waals surface area (Å²) in [4.78, 5) is 36.2. The first-order chi connectivity index (χ1) is 20.4. The van der Waals surface area contributed by atoms with Crippen molar-refractivity contribution in [1.29, 1.82) is 0 Å². The Morgan fingerprint density at radius 1 is 0.489 bits per heavy atom. The summed E-state index contributed by atoms with van der Waals surface area (Å²) in [5, 5.41) is 0. The largest absolute Gasteiger partial charge is 0.513 e. The molecule has 0 saturated carbocycles. The van der Waals surface area contributed by atoms with E-state index in [9.17, 15) is 14.4 Å². The molecular formula is C40H52O7. The van der Waals surface area contributed by atoms with Crippen LogP contribution in [0.2, 0.25) is 0 Å². The summed E-state index contributed by atoms with van der Waals surface area (Å²) < 4.78 is 20.3. The first kappa shape index (κ1) is 42.1. The van der Waals surface area contributed by atoms with Crippen molar-refractivity contribution in [1.82, 2.24) is 0 Å². The lowest BCUT2D eigenvalue weighted by atomic mass is 9.78. The lowest BCUT2D eigenvalue weighted by Gasteiger charge is -2.26. The van der Waals surface area contributed by atoms with Gasteiger partial charge in [0.15, 0.2) is 0 Å². The number of hydrogen-bond donors (Lipinski definition) is 0. The van der Waals surface area contributed by atoms with Crippen molar-refractivity contribution in [2.75, 3.05) is 7.11 Å². The summed E-state index contributed by atoms with van der Waals surface area (Å²) in [6.07, 6.45) is -1.30. The van der Waals surface area contributed by atoms with Crippen LogP contribution in [0.5, 0.6) is 17.2 Å². The van der Waals surface area contributed by atoms with Gasteiger partial charge in [-0.2, -0.15) is 0 Å². The van der Waals surface area contributed by atoms with Gasteiger partial charge < -0.3 is 18.9 Å². The van der Waals surface area contributed by atoms with E-state index < -0.39 is 24.5 Å². The Balaban J connectivity index is 0.00000529. The molecule has 0 bridgehead atoms. The normalized spacial score (nSPS) is 10.4. The maximum atomic E-state index is 12.4. The van der Waals surface area contributed by atoms with E-state index in [1.165, 1.54) is 18.2 Å². The molecule has 0 fully saturated rings. The lowest BCUT2D eigenvalue weighted by Crippen LogP contribution is -2.20. The average Bonchev–Trinajstić information content (AvgIpc) is 2.98. The fourth-order valence-corrected chi connectivity index (χ4v) is 4.71. The standard InChI is InChI=1S/C36H36O7.4CH4/c1-24-7-9-25(10-8-24)35(2,3)26-11-17-29(18-12-26)41-32(37)23-33(38)42-30-19-13-27(14-20-30)36(4,5)28-15-21-31(22-16-28)43-34(39)40-6;;;;/h7-22H,23H2,1-6H3;4*1H4. The third-order valence-corrected chi connectivity index (χ3v) is 7.62. The highest BCUT2D eigenvalue weighted by Gasteiger charge is 2.25. The van der Waals surface area contributed by atoms with Crippen molar-refractivity contribution < 1.29 is 33.3 Å². The van der Waals surface area contributed by atoms with Crippen LogP contribution in [0.3, 0.4) is 0 Å². The molecule has 0 saturated heterocycles. The molecule has 0 aliphatic heterocycles. The molecule has 7 nitrogen and oxygen atoms in total. The molecule has 0 aromatic heterocycles. The highest BCUT2D eigenvalue weighted by atomic mass is 16.7. The molecule has 47 heavy (non-hydrogen) atoms. The second-order valence-corrected chi connectivity index (χ2v) is 11.4. The second kappa shape index (κ2) is 17.7. The van der Waals surface area contributed by atoms with Crippen LogP contribution in [0.1, 0.15) is 91.6 Å². The molecule has 0 unspecified atom stereocenters. The monoisotopic (exact) mass is 644 g/mol. The Morgan fingerprint density at radius 2 is 0.766 bits per heavy atom. The SMILES string of the molecule is C.C.C.C.COC(=O)Oc1ccc(C(C)(C)c2ccc(OC(=O)CC(=O)Oc3ccc(C(C)(C)c4ccc(C)cc4)cc3)cc2)cc1. The Kier molecular flexibility index (Phi) is 15.8. The molecule has 4 aromatic rings. The molecule has 254 valence electrons. The number of methoxy groups -OCH3 is 1. The van der Waals surface area contributed by atoms with Gasteiger partial charge in [-0.25, -0.2) is 4.79 Å². The second-order valence-electron chi connectivity index (χ2n) is 11.4. The van der Waals surface area contributed by atoms with Crippen molar-refractivity contribution in [3.63, 3.8) is 0 Å². The van der Waals surface area contributed by atoms with Crippen LogP contribution in [0.4, 0.5) is 4.79 Å². The van der Waals surface area contributed by atoms with Crippen molar-refractivity contribution in [2.24, 2.45) is 0 Å². The van der Waals surface area contributed by atoms with Gasteiger partial charge in [-0.15, -0.1) is 0 Å². The van der Waals surface area contributed by atoms with Gasteiger partial charge in [-0.05, 0) is 65.6 Å². The average molecular weight is 645 g/mol. The Bertz CT molecular complexity index is 1570. The molecule has 0 aliphatic carbocycles. The van der Waals surface area contributed by atoms with Crippen molar-refractivity contribution >= 4 is 18.1 Å². The minimum atomic E-state index is -0.780. The molecular weight excluding hydrogens is 592 g/mol. The fourth-order valence-electron chi connectivity index (χ4n) is 4.71. The fraction of sp³-hybridized carbons (Fsp3) is 0.325.